The average molecular weight is 162 g/mol. The molecule has 0 fully saturated rings. The van der Waals surface area contributed by atoms with Gasteiger partial charge in [-0.25, -0.2) is 4.68 Å². The van der Waals surface area contributed by atoms with Crippen LogP contribution < -0.4 is 0 Å². The molecule has 0 spiro atoms. The van der Waals surface area contributed by atoms with Crippen molar-refractivity contribution in [2.75, 3.05) is 0 Å². The minimum Gasteiger partial charge on any atom is -0.232 e. The summed E-state index contributed by atoms with van der Waals surface area (Å²) in [5.41, 5.74) is 0. The largest absolute Gasteiger partial charge is 0.232 e. The van der Waals surface area contributed by atoms with Gasteiger partial charge in [0.25, 0.3) is 0 Å². The van der Waals surface area contributed by atoms with Crippen LogP contribution >= 0.6 is 0 Å². The first-order valence-corrected chi connectivity index (χ1v) is 3.93. The number of hydrogen-bond acceptors (Lipinski definition) is 3. The second-order valence-corrected chi connectivity index (χ2v) is 2.82. The van der Waals surface area contributed by atoms with Crippen LogP contribution in [0.1, 0.15) is 18.2 Å². The molecule has 1 unspecified atom stereocenters. The highest BCUT2D eigenvalue weighted by molar-refractivity contribution is 5.18. The molecule has 0 aromatic carbocycles. The molecular formula is C8H10N4. The molecule has 0 bridgehead atoms. The van der Waals surface area contributed by atoms with Crippen LogP contribution in [0.5, 0.6) is 0 Å². The van der Waals surface area contributed by atoms with E-state index in [2.05, 4.69) is 27.7 Å². The molecular weight excluding hydrogens is 152 g/mol. The number of rotatable bonds is 1. The maximum Gasteiger partial charge on any atom is 0.158 e. The van der Waals surface area contributed by atoms with E-state index in [1.807, 2.05) is 19.2 Å². The monoisotopic (exact) mass is 162 g/mol. The van der Waals surface area contributed by atoms with Gasteiger partial charge in [-0.2, -0.15) is 0 Å². The summed E-state index contributed by atoms with van der Waals surface area (Å²) in [6.45, 7) is 0. The number of aryl methyl sites for hydroxylation is 1. The van der Waals surface area contributed by atoms with Crippen LogP contribution in [0.4, 0.5) is 0 Å². The SMILES string of the molecule is Cn1nnnc1C1C=CC=CC1. The first-order valence-electron chi connectivity index (χ1n) is 3.93. The van der Waals surface area contributed by atoms with Crippen molar-refractivity contribution in [2.24, 2.45) is 7.05 Å². The molecule has 1 aromatic heterocycles. The van der Waals surface area contributed by atoms with Crippen molar-refractivity contribution in [1.82, 2.24) is 20.2 Å². The Kier molecular flexibility index (Phi) is 1.74. The van der Waals surface area contributed by atoms with E-state index < -0.39 is 0 Å². The fourth-order valence-corrected chi connectivity index (χ4v) is 1.32. The average Bonchev–Trinajstić information content (AvgIpc) is 2.53. The number of nitrogens with zero attached hydrogens (tertiary/aromatic N) is 4. The topological polar surface area (TPSA) is 43.6 Å². The van der Waals surface area contributed by atoms with Gasteiger partial charge in [0.2, 0.25) is 0 Å². The number of aromatic nitrogens is 4. The molecule has 0 N–H and O–H groups in total. The summed E-state index contributed by atoms with van der Waals surface area (Å²) >= 11 is 0. The lowest BCUT2D eigenvalue weighted by Crippen LogP contribution is -2.05. The molecule has 1 atom stereocenters. The maximum atomic E-state index is 3.96. The molecule has 1 aliphatic carbocycles. The predicted octanol–water partition coefficient (Wildman–Crippen LogP) is 0.810. The van der Waals surface area contributed by atoms with Gasteiger partial charge in [-0.05, 0) is 16.8 Å². The van der Waals surface area contributed by atoms with E-state index in [-0.39, 0.29) is 0 Å². The van der Waals surface area contributed by atoms with E-state index in [4.69, 9.17) is 0 Å². The Morgan fingerprint density at radius 3 is 3.00 bits per heavy atom. The van der Waals surface area contributed by atoms with Crippen molar-refractivity contribution < 1.29 is 0 Å². The van der Waals surface area contributed by atoms with E-state index in [0.717, 1.165) is 12.2 Å². The standard InChI is InChI=1S/C8H10N4/c1-12-8(9-10-11-12)7-5-3-2-4-6-7/h2-5,7H,6H2,1H3. The van der Waals surface area contributed by atoms with Gasteiger partial charge < -0.3 is 0 Å². The lowest BCUT2D eigenvalue weighted by atomic mass is 10.0. The Labute approximate surface area is 70.6 Å². The molecule has 1 aliphatic rings. The van der Waals surface area contributed by atoms with E-state index >= 15 is 0 Å². The Bertz CT molecular complexity index is 324. The summed E-state index contributed by atoms with van der Waals surface area (Å²) < 4.78 is 1.72. The number of tetrazole rings is 1. The molecule has 4 heteroatoms. The van der Waals surface area contributed by atoms with Crippen LogP contribution in [-0.4, -0.2) is 20.2 Å². The van der Waals surface area contributed by atoms with Crippen molar-refractivity contribution >= 4 is 0 Å². The Hall–Kier alpha value is -1.45. The van der Waals surface area contributed by atoms with Crippen LogP contribution in [0.2, 0.25) is 0 Å². The van der Waals surface area contributed by atoms with Gasteiger partial charge in [-0.15, -0.1) is 5.10 Å². The van der Waals surface area contributed by atoms with Crippen molar-refractivity contribution in [3.63, 3.8) is 0 Å². The van der Waals surface area contributed by atoms with Gasteiger partial charge in [0.05, 0.1) is 0 Å². The second-order valence-electron chi connectivity index (χ2n) is 2.82. The zero-order valence-corrected chi connectivity index (χ0v) is 6.88. The summed E-state index contributed by atoms with van der Waals surface area (Å²) in [5.74, 6) is 1.27. The third kappa shape index (κ3) is 1.15. The fourth-order valence-electron chi connectivity index (χ4n) is 1.32. The molecule has 2 rings (SSSR count). The number of allylic oxidation sites excluding steroid dienone is 4. The molecule has 62 valence electrons. The zero-order chi connectivity index (χ0) is 8.39. The third-order valence-electron chi connectivity index (χ3n) is 1.97. The van der Waals surface area contributed by atoms with Crippen LogP contribution in [0, 0.1) is 0 Å². The van der Waals surface area contributed by atoms with Crippen LogP contribution in [0.25, 0.3) is 0 Å². The van der Waals surface area contributed by atoms with Crippen molar-refractivity contribution in [2.45, 2.75) is 12.3 Å². The van der Waals surface area contributed by atoms with Crippen molar-refractivity contribution in [3.05, 3.63) is 30.1 Å². The van der Waals surface area contributed by atoms with E-state index in [0.29, 0.717) is 5.92 Å². The molecule has 0 radical (unpaired) electrons. The van der Waals surface area contributed by atoms with Crippen LogP contribution in [0.3, 0.4) is 0 Å². The van der Waals surface area contributed by atoms with Crippen molar-refractivity contribution in [1.29, 1.82) is 0 Å². The van der Waals surface area contributed by atoms with Crippen LogP contribution in [0.15, 0.2) is 24.3 Å². The maximum absolute atomic E-state index is 3.96. The molecule has 1 heterocycles. The van der Waals surface area contributed by atoms with Gasteiger partial charge in [0.1, 0.15) is 0 Å². The van der Waals surface area contributed by atoms with Crippen molar-refractivity contribution in [3.8, 4) is 0 Å². The Morgan fingerprint density at radius 2 is 2.42 bits per heavy atom. The van der Waals surface area contributed by atoms with Gasteiger partial charge in [0.15, 0.2) is 5.82 Å². The predicted molar refractivity (Wildman–Crippen MR) is 44.4 cm³/mol. The molecule has 0 amide bonds. The normalized spacial score (nSPS) is 21.6. The highest BCUT2D eigenvalue weighted by atomic mass is 15.5. The summed E-state index contributed by atoms with van der Waals surface area (Å²) in [6.07, 6.45) is 9.30. The summed E-state index contributed by atoms with van der Waals surface area (Å²) in [7, 11) is 1.86. The molecule has 0 saturated heterocycles. The molecule has 0 aliphatic heterocycles. The number of hydrogen-bond donors (Lipinski definition) is 0. The highest BCUT2D eigenvalue weighted by Crippen LogP contribution is 2.20. The Balaban J connectivity index is 2.26. The third-order valence-corrected chi connectivity index (χ3v) is 1.97. The fraction of sp³-hybridized carbons (Fsp3) is 0.375. The van der Waals surface area contributed by atoms with Crippen LogP contribution in [-0.2, 0) is 7.05 Å². The smallest absolute Gasteiger partial charge is 0.158 e. The molecule has 12 heavy (non-hydrogen) atoms. The first-order chi connectivity index (χ1) is 5.88. The lowest BCUT2D eigenvalue weighted by Gasteiger charge is -2.09. The zero-order valence-electron chi connectivity index (χ0n) is 6.88. The lowest BCUT2D eigenvalue weighted by molar-refractivity contribution is 0.647. The van der Waals surface area contributed by atoms with Gasteiger partial charge >= 0.3 is 0 Å². The summed E-state index contributed by atoms with van der Waals surface area (Å²) in [4.78, 5) is 0. The highest BCUT2D eigenvalue weighted by Gasteiger charge is 2.13. The Morgan fingerprint density at radius 1 is 1.50 bits per heavy atom. The van der Waals surface area contributed by atoms with Gasteiger partial charge in [-0.1, -0.05) is 24.3 Å². The summed E-state index contributed by atoms with van der Waals surface area (Å²) in [5, 5.41) is 11.3. The summed E-state index contributed by atoms with van der Waals surface area (Å²) in [6, 6.07) is 0. The minimum atomic E-state index is 0.343. The van der Waals surface area contributed by atoms with E-state index in [1.54, 1.807) is 4.68 Å². The molecule has 4 nitrogen and oxygen atoms in total. The first kappa shape index (κ1) is 7.21. The quantitative estimate of drug-likeness (QED) is 0.613. The molecule has 0 saturated carbocycles. The van der Waals surface area contributed by atoms with Gasteiger partial charge in [0, 0.05) is 13.0 Å². The second kappa shape index (κ2) is 2.89. The van der Waals surface area contributed by atoms with E-state index in [9.17, 15) is 0 Å². The molecule has 1 aromatic rings. The van der Waals surface area contributed by atoms with Gasteiger partial charge in [-0.3, -0.25) is 0 Å². The minimum absolute atomic E-state index is 0.343. The van der Waals surface area contributed by atoms with E-state index in [1.165, 1.54) is 0 Å².